The molecule has 5 aromatic carbocycles. The first-order valence-electron chi connectivity index (χ1n) is 27.3. The predicted molar refractivity (Wildman–Crippen MR) is 307 cm³/mol. The smallest absolute Gasteiger partial charge is 0.340 e. The summed E-state index contributed by atoms with van der Waals surface area (Å²) in [6.45, 7) is 10.3. The Labute approximate surface area is 477 Å². The van der Waals surface area contributed by atoms with E-state index in [0.29, 0.717) is 44.2 Å². The molecule has 2 heterocycles. The van der Waals surface area contributed by atoms with E-state index in [4.69, 9.17) is 35.9 Å². The van der Waals surface area contributed by atoms with Crippen molar-refractivity contribution in [3.05, 3.63) is 152 Å². The van der Waals surface area contributed by atoms with Crippen molar-refractivity contribution in [2.75, 3.05) is 45.3 Å². The number of azide groups is 1. The number of amides is 2. The molecule has 2 amide bonds. The molecule has 0 radical (unpaired) electrons. The fraction of sp³-hybridized carbons (Fsp3) is 0.417. The average Bonchev–Trinajstić information content (AvgIpc) is 2.51. The summed E-state index contributed by atoms with van der Waals surface area (Å²) in [6, 6.07) is 23.9. The van der Waals surface area contributed by atoms with E-state index in [1.54, 1.807) is 14.2 Å². The monoisotopic (exact) mass is 1160 g/mol. The SMILES string of the molecule is COc1cc(C(C)(C)[C@@H](CCCCCN=[N+]=[N-])c2ccccc2)cc(OC)c1[C@H]1C=C(CNC(=O)CCCCCNC(=O)c2ccc3c(c2)C(=O)OC32c3ccc(N)c(S(=O)(=O)O)c3Oc3c2ccc(N)c3S(=O)(=O)O)[C@H]2C[C@@H]1C2(C)C. The number of rotatable bonds is 23. The number of nitrogens with zero attached hydrogens (tertiary/aromatic N) is 3. The van der Waals surface area contributed by atoms with E-state index in [0.717, 1.165) is 66.9 Å². The van der Waals surface area contributed by atoms with Gasteiger partial charge in [-0.2, -0.15) is 16.8 Å². The lowest BCUT2D eigenvalue weighted by Crippen LogP contribution is -2.52. The molecular weight excluding hydrogens is 1090 g/mol. The van der Waals surface area contributed by atoms with Gasteiger partial charge in [-0.25, -0.2) is 4.79 Å². The highest BCUT2D eigenvalue weighted by Gasteiger charge is 2.58. The quantitative estimate of drug-likeness (QED) is 0.00518. The Morgan fingerprint density at radius 3 is 2.02 bits per heavy atom. The van der Waals surface area contributed by atoms with Gasteiger partial charge in [0.2, 0.25) is 5.91 Å². The van der Waals surface area contributed by atoms with Gasteiger partial charge in [-0.3, -0.25) is 18.7 Å². The molecule has 0 aromatic heterocycles. The van der Waals surface area contributed by atoms with Gasteiger partial charge in [-0.15, -0.1) is 0 Å². The number of nitrogens with two attached hydrogens (primary N) is 2. The number of hydrogen-bond donors (Lipinski definition) is 6. The van der Waals surface area contributed by atoms with Gasteiger partial charge in [-0.1, -0.05) is 100 Å². The van der Waals surface area contributed by atoms with Gasteiger partial charge >= 0.3 is 5.97 Å². The minimum Gasteiger partial charge on any atom is -0.496 e. The third-order valence-corrected chi connectivity index (χ3v) is 19.2. The van der Waals surface area contributed by atoms with Crippen molar-refractivity contribution < 1.29 is 59.3 Å². The molecular formula is C60H69N7O13S2. The molecule has 2 aliphatic heterocycles. The van der Waals surface area contributed by atoms with Crippen molar-refractivity contribution in [2.24, 2.45) is 22.4 Å². The second-order valence-corrected chi connectivity index (χ2v) is 25.4. The summed E-state index contributed by atoms with van der Waals surface area (Å²) >= 11 is 0. The van der Waals surface area contributed by atoms with E-state index in [9.17, 15) is 40.3 Å². The minimum atomic E-state index is -5.17. The molecule has 5 aromatic rings. The van der Waals surface area contributed by atoms with Crippen molar-refractivity contribution in [3.63, 3.8) is 0 Å². The van der Waals surface area contributed by atoms with Gasteiger partial charge in [0.25, 0.3) is 26.1 Å². The number of esters is 1. The highest BCUT2D eigenvalue weighted by atomic mass is 32.2. The minimum absolute atomic E-state index is 0.0109. The molecule has 4 atom stereocenters. The first-order valence-corrected chi connectivity index (χ1v) is 30.2. The number of nitrogen functional groups attached to an aromatic ring is 2. The maximum atomic E-state index is 13.8. The Kier molecular flexibility index (Phi) is 16.5. The number of unbranched alkanes of at least 4 members (excludes halogenated alkanes) is 4. The summed E-state index contributed by atoms with van der Waals surface area (Å²) in [7, 11) is -6.92. The molecule has 22 heteroatoms. The lowest BCUT2D eigenvalue weighted by molar-refractivity contribution is -0.121. The Morgan fingerprint density at radius 1 is 0.829 bits per heavy atom. The Morgan fingerprint density at radius 2 is 1.44 bits per heavy atom. The molecule has 434 valence electrons. The fourth-order valence-electron chi connectivity index (χ4n) is 13.0. The van der Waals surface area contributed by atoms with Crippen LogP contribution in [0, 0.1) is 17.3 Å². The van der Waals surface area contributed by atoms with Crippen LogP contribution in [0.1, 0.15) is 151 Å². The zero-order valence-corrected chi connectivity index (χ0v) is 48.3. The zero-order valence-electron chi connectivity index (χ0n) is 46.7. The molecule has 20 nitrogen and oxygen atoms in total. The van der Waals surface area contributed by atoms with Crippen LogP contribution in [-0.2, 0) is 40.8 Å². The van der Waals surface area contributed by atoms with Crippen molar-refractivity contribution in [3.8, 4) is 23.0 Å². The number of carbonyl (C=O) groups is 3. The summed E-state index contributed by atoms with van der Waals surface area (Å²) in [5, 5.41) is 9.74. The van der Waals surface area contributed by atoms with Crippen molar-refractivity contribution in [1.82, 2.24) is 10.6 Å². The standard InChI is InChI=1S/C60H69N7O13S2/c1-58(2,40(34-16-10-7-11-17-34)18-12-8-15-27-66-67-63)37-30-48(77-5)51(49(31-37)78-6)38-29-36(44-32-45(38)59(44,3)4)33-65-50(68)19-13-9-14-26-64-56(69)35-20-21-41-39(28-35)57(70)80-60(41)42-22-24-46(61)54(81(71,72)73)52(42)79-53-43(60)23-25-47(62)55(53)82(74,75)76/h7,10-11,16-17,20-25,28-31,38,40,44-45H,8-9,12-15,18-19,26-27,32-33,61-62H2,1-6H3,(H,64,69)(H,65,68)(H,71,72,73)(H,74,75,76)/t38-,40-,44+,45-/m0/s1. The van der Waals surface area contributed by atoms with Crippen LogP contribution in [0.4, 0.5) is 11.4 Å². The summed E-state index contributed by atoms with van der Waals surface area (Å²) < 4.78 is 95.6. The van der Waals surface area contributed by atoms with E-state index < -0.39 is 70.4 Å². The highest BCUT2D eigenvalue weighted by molar-refractivity contribution is 7.86. The second kappa shape index (κ2) is 23.0. The van der Waals surface area contributed by atoms with E-state index in [2.05, 4.69) is 90.8 Å². The lowest BCUT2D eigenvalue weighted by Gasteiger charge is -2.59. The van der Waals surface area contributed by atoms with Crippen LogP contribution < -0.4 is 36.3 Å². The number of methoxy groups -OCH3 is 2. The molecule has 0 unspecified atom stereocenters. The van der Waals surface area contributed by atoms with Crippen LogP contribution in [0.25, 0.3) is 10.4 Å². The van der Waals surface area contributed by atoms with Crippen LogP contribution in [0.5, 0.6) is 23.0 Å². The molecule has 8 N–H and O–H groups in total. The van der Waals surface area contributed by atoms with E-state index in [-0.39, 0.29) is 69.4 Å². The average molecular weight is 1160 g/mol. The number of allylic oxidation sites excluding steroid dienone is 1. The second-order valence-electron chi connectivity index (χ2n) is 22.7. The summed E-state index contributed by atoms with van der Waals surface area (Å²) in [6.07, 6.45) is 9.03. The molecule has 82 heavy (non-hydrogen) atoms. The summed E-state index contributed by atoms with van der Waals surface area (Å²) in [4.78, 5) is 41.7. The van der Waals surface area contributed by atoms with E-state index in [1.165, 1.54) is 41.5 Å². The third kappa shape index (κ3) is 10.8. The molecule has 1 fully saturated rings. The maximum absolute atomic E-state index is 13.8. The highest BCUT2D eigenvalue weighted by Crippen LogP contribution is 2.65. The number of anilines is 2. The zero-order chi connectivity index (χ0) is 59.1. The topological polar surface area (TPSA) is 322 Å². The van der Waals surface area contributed by atoms with Crippen LogP contribution in [-0.4, -0.2) is 77.6 Å². The van der Waals surface area contributed by atoms with Gasteiger partial charge in [-0.05, 0) is 126 Å². The first-order chi connectivity index (χ1) is 38.9. The van der Waals surface area contributed by atoms with E-state index >= 15 is 0 Å². The number of fused-ring (bicyclic) bond motifs is 7. The molecule has 3 aliphatic carbocycles. The van der Waals surface area contributed by atoms with Gasteiger partial charge in [0.05, 0.1) is 31.2 Å². The van der Waals surface area contributed by atoms with Gasteiger partial charge < -0.3 is 41.0 Å². The lowest BCUT2D eigenvalue weighted by atomic mass is 9.45. The molecule has 5 aliphatic rings. The first kappa shape index (κ1) is 59.0. The number of nitrogens with one attached hydrogen (secondary N) is 2. The Hall–Kier alpha value is -7.62. The van der Waals surface area contributed by atoms with Crippen molar-refractivity contribution in [1.29, 1.82) is 0 Å². The van der Waals surface area contributed by atoms with Gasteiger partial charge in [0.1, 0.15) is 11.5 Å². The molecule has 2 bridgehead atoms. The van der Waals surface area contributed by atoms with Gasteiger partial charge in [0.15, 0.2) is 26.9 Å². The van der Waals surface area contributed by atoms with Crippen LogP contribution in [0.3, 0.4) is 0 Å². The van der Waals surface area contributed by atoms with Crippen molar-refractivity contribution in [2.45, 2.75) is 118 Å². The normalized spacial score (nSPS) is 18.5. The number of hydrogen-bond acceptors (Lipinski definition) is 14. The molecule has 1 saturated carbocycles. The Bertz CT molecular complexity index is 3560. The van der Waals surface area contributed by atoms with Crippen molar-refractivity contribution >= 4 is 49.4 Å². The summed E-state index contributed by atoms with van der Waals surface area (Å²) in [5.41, 5.74) is 21.5. The third-order valence-electron chi connectivity index (χ3n) is 17.4. The largest absolute Gasteiger partial charge is 0.496 e. The van der Waals surface area contributed by atoms with Crippen LogP contribution in [0.15, 0.2) is 111 Å². The number of benzene rings is 5. The van der Waals surface area contributed by atoms with E-state index in [1.807, 2.05) is 6.07 Å². The fourth-order valence-corrected chi connectivity index (χ4v) is 14.5. The predicted octanol–water partition coefficient (Wildman–Crippen LogP) is 10.7. The van der Waals surface area contributed by atoms with Gasteiger partial charge in [0, 0.05) is 64.7 Å². The molecule has 10 rings (SSSR count). The molecule has 0 saturated heterocycles. The number of carbonyl (C=O) groups excluding carboxylic acids is 3. The Balaban J connectivity index is 0.835. The summed E-state index contributed by atoms with van der Waals surface area (Å²) in [5.74, 6) is -0.591. The molecule has 1 spiro atoms. The van der Waals surface area contributed by atoms with Crippen LogP contribution in [0.2, 0.25) is 0 Å². The maximum Gasteiger partial charge on any atom is 0.340 e. The number of ether oxygens (including phenoxy) is 4. The van der Waals surface area contributed by atoms with Crippen LogP contribution >= 0.6 is 0 Å².